The number of para-hydroxylation sites is 1. The summed E-state index contributed by atoms with van der Waals surface area (Å²) in [6, 6.07) is 5.09. The minimum Gasteiger partial charge on any atom is -0.491 e. The van der Waals surface area contributed by atoms with Crippen LogP contribution in [0.2, 0.25) is 0 Å². The van der Waals surface area contributed by atoms with Crippen molar-refractivity contribution >= 4 is 11.7 Å². The molecule has 0 spiro atoms. The smallest absolute Gasteiger partial charge is 0.342 e. The van der Waals surface area contributed by atoms with Gasteiger partial charge in [0, 0.05) is 0 Å². The molecule has 0 saturated carbocycles. The number of esters is 1. The third-order valence-corrected chi connectivity index (χ3v) is 2.64. The van der Waals surface area contributed by atoms with E-state index < -0.39 is 0 Å². The van der Waals surface area contributed by atoms with E-state index in [4.69, 9.17) is 15.2 Å². The van der Waals surface area contributed by atoms with E-state index in [1.54, 1.807) is 18.2 Å². The number of carbonyl (C=O) groups excluding carboxylic acids is 1. The number of rotatable bonds is 5. The fourth-order valence-corrected chi connectivity index (χ4v) is 1.55. The quantitative estimate of drug-likeness (QED) is 0.655. The lowest BCUT2D eigenvalue weighted by Crippen LogP contribution is -2.14. The molecule has 0 saturated heterocycles. The average molecular weight is 265 g/mol. The zero-order valence-electron chi connectivity index (χ0n) is 12.2. The molecule has 0 aliphatic rings. The van der Waals surface area contributed by atoms with Crippen LogP contribution in [0.15, 0.2) is 18.2 Å². The Bertz CT molecular complexity index is 436. The van der Waals surface area contributed by atoms with Crippen LogP contribution in [-0.4, -0.2) is 19.2 Å². The molecule has 106 valence electrons. The molecule has 0 aliphatic heterocycles. The van der Waals surface area contributed by atoms with Gasteiger partial charge >= 0.3 is 5.97 Å². The molecule has 0 heterocycles. The average Bonchev–Trinajstić information content (AvgIpc) is 2.30. The van der Waals surface area contributed by atoms with Gasteiger partial charge in [0.2, 0.25) is 0 Å². The number of ether oxygens (including phenoxy) is 2. The molecular formula is C15H23NO3. The van der Waals surface area contributed by atoms with Gasteiger partial charge in [0.05, 0.1) is 18.9 Å². The summed E-state index contributed by atoms with van der Waals surface area (Å²) in [6.07, 6.45) is 0.811. The van der Waals surface area contributed by atoms with E-state index in [0.717, 1.165) is 6.42 Å². The summed E-state index contributed by atoms with van der Waals surface area (Å²) in [5.74, 6) is 0.0192. The maximum atomic E-state index is 12.0. The topological polar surface area (TPSA) is 61.5 Å². The Balaban J connectivity index is 2.74. The van der Waals surface area contributed by atoms with Gasteiger partial charge in [0.1, 0.15) is 5.56 Å². The molecule has 0 bridgehead atoms. The first-order valence-electron chi connectivity index (χ1n) is 6.53. The highest BCUT2D eigenvalue weighted by atomic mass is 16.5. The van der Waals surface area contributed by atoms with Crippen molar-refractivity contribution in [1.29, 1.82) is 0 Å². The monoisotopic (exact) mass is 265 g/mol. The fourth-order valence-electron chi connectivity index (χ4n) is 1.55. The molecule has 4 heteroatoms. The highest BCUT2D eigenvalue weighted by Crippen LogP contribution is 2.27. The number of anilines is 1. The minimum atomic E-state index is -0.389. The van der Waals surface area contributed by atoms with Crippen LogP contribution in [0, 0.1) is 5.41 Å². The lowest BCUT2D eigenvalue weighted by atomic mass is 9.93. The zero-order chi connectivity index (χ0) is 14.5. The van der Waals surface area contributed by atoms with Gasteiger partial charge in [-0.15, -0.1) is 0 Å². The van der Waals surface area contributed by atoms with Gasteiger partial charge in [-0.1, -0.05) is 26.8 Å². The number of hydrogen-bond donors (Lipinski definition) is 1. The van der Waals surface area contributed by atoms with E-state index in [1.165, 1.54) is 0 Å². The Kier molecular flexibility index (Phi) is 5.21. The molecule has 19 heavy (non-hydrogen) atoms. The Labute approximate surface area is 114 Å². The Morgan fingerprint density at radius 2 is 2.00 bits per heavy atom. The van der Waals surface area contributed by atoms with Crippen molar-refractivity contribution in [2.24, 2.45) is 5.41 Å². The molecule has 0 amide bonds. The Hall–Kier alpha value is -1.71. The van der Waals surface area contributed by atoms with Crippen LogP contribution in [0.1, 0.15) is 44.5 Å². The van der Waals surface area contributed by atoms with Crippen LogP contribution in [-0.2, 0) is 4.74 Å². The Morgan fingerprint density at radius 1 is 1.32 bits per heavy atom. The van der Waals surface area contributed by atoms with Gasteiger partial charge in [-0.05, 0) is 30.9 Å². The van der Waals surface area contributed by atoms with E-state index in [1.807, 2.05) is 6.92 Å². The molecule has 0 aromatic heterocycles. The van der Waals surface area contributed by atoms with E-state index in [0.29, 0.717) is 30.2 Å². The number of benzene rings is 1. The van der Waals surface area contributed by atoms with E-state index in [2.05, 4.69) is 20.8 Å². The maximum Gasteiger partial charge on any atom is 0.342 e. The Morgan fingerprint density at radius 3 is 2.58 bits per heavy atom. The molecule has 0 atom stereocenters. The van der Waals surface area contributed by atoms with Gasteiger partial charge < -0.3 is 15.2 Å². The van der Waals surface area contributed by atoms with Crippen LogP contribution in [0.5, 0.6) is 5.75 Å². The summed E-state index contributed by atoms with van der Waals surface area (Å²) in [5, 5.41) is 0. The summed E-state index contributed by atoms with van der Waals surface area (Å²) in [4.78, 5) is 12.0. The zero-order valence-corrected chi connectivity index (χ0v) is 12.2. The van der Waals surface area contributed by atoms with Crippen LogP contribution in [0.25, 0.3) is 0 Å². The van der Waals surface area contributed by atoms with Crippen molar-refractivity contribution < 1.29 is 14.3 Å². The van der Waals surface area contributed by atoms with E-state index in [-0.39, 0.29) is 11.4 Å². The largest absolute Gasteiger partial charge is 0.491 e. The van der Waals surface area contributed by atoms with Crippen molar-refractivity contribution in [2.75, 3.05) is 18.9 Å². The lowest BCUT2D eigenvalue weighted by molar-refractivity contribution is 0.0460. The molecule has 1 rings (SSSR count). The first-order chi connectivity index (χ1) is 8.85. The molecule has 0 fully saturated rings. The predicted molar refractivity (Wildman–Crippen MR) is 76.4 cm³/mol. The minimum absolute atomic E-state index is 0.138. The van der Waals surface area contributed by atoms with Crippen molar-refractivity contribution in [3.05, 3.63) is 23.8 Å². The second kappa shape index (κ2) is 6.45. The maximum absolute atomic E-state index is 12.0. The normalized spacial score (nSPS) is 11.2. The number of hydrogen-bond acceptors (Lipinski definition) is 4. The first kappa shape index (κ1) is 15.3. The number of carbonyl (C=O) groups is 1. The summed E-state index contributed by atoms with van der Waals surface area (Å²) >= 11 is 0. The highest BCUT2D eigenvalue weighted by Gasteiger charge is 2.17. The van der Waals surface area contributed by atoms with Crippen molar-refractivity contribution in [3.8, 4) is 5.75 Å². The van der Waals surface area contributed by atoms with Crippen LogP contribution >= 0.6 is 0 Å². The molecule has 0 radical (unpaired) electrons. The standard InChI is InChI=1S/C15H23NO3/c1-5-18-13-11(7-6-8-12(13)16)14(17)19-10-9-15(2,3)4/h6-8H,5,9-10,16H2,1-4H3. The second-order valence-corrected chi connectivity index (χ2v) is 5.60. The van der Waals surface area contributed by atoms with Crippen molar-refractivity contribution in [2.45, 2.75) is 34.1 Å². The summed E-state index contributed by atoms with van der Waals surface area (Å²) in [6.45, 7) is 9.01. The SMILES string of the molecule is CCOc1c(N)cccc1C(=O)OCCC(C)(C)C. The molecule has 2 N–H and O–H groups in total. The summed E-state index contributed by atoms with van der Waals surface area (Å²) in [7, 11) is 0. The third-order valence-electron chi connectivity index (χ3n) is 2.64. The number of nitrogen functional groups attached to an aromatic ring is 1. The van der Waals surface area contributed by atoms with Crippen molar-refractivity contribution in [1.82, 2.24) is 0 Å². The third kappa shape index (κ3) is 4.81. The van der Waals surface area contributed by atoms with Crippen LogP contribution < -0.4 is 10.5 Å². The van der Waals surface area contributed by atoms with Gasteiger partial charge in [0.25, 0.3) is 0 Å². The highest BCUT2D eigenvalue weighted by molar-refractivity contribution is 5.94. The molecule has 0 unspecified atom stereocenters. The van der Waals surface area contributed by atoms with Gasteiger partial charge in [0.15, 0.2) is 5.75 Å². The molecule has 1 aromatic carbocycles. The molecule has 4 nitrogen and oxygen atoms in total. The first-order valence-corrected chi connectivity index (χ1v) is 6.53. The predicted octanol–water partition coefficient (Wildman–Crippen LogP) is 3.26. The van der Waals surface area contributed by atoms with Crippen LogP contribution in [0.3, 0.4) is 0 Å². The lowest BCUT2D eigenvalue weighted by Gasteiger charge is -2.18. The summed E-state index contributed by atoms with van der Waals surface area (Å²) in [5.41, 5.74) is 6.78. The molecular weight excluding hydrogens is 242 g/mol. The van der Waals surface area contributed by atoms with Crippen molar-refractivity contribution in [3.63, 3.8) is 0 Å². The van der Waals surface area contributed by atoms with Gasteiger partial charge in [-0.3, -0.25) is 0 Å². The van der Waals surface area contributed by atoms with Gasteiger partial charge in [-0.2, -0.15) is 0 Å². The van der Waals surface area contributed by atoms with Crippen LogP contribution in [0.4, 0.5) is 5.69 Å². The van der Waals surface area contributed by atoms with E-state index >= 15 is 0 Å². The van der Waals surface area contributed by atoms with E-state index in [9.17, 15) is 4.79 Å². The molecule has 0 aliphatic carbocycles. The second-order valence-electron chi connectivity index (χ2n) is 5.60. The fraction of sp³-hybridized carbons (Fsp3) is 0.533. The molecule has 1 aromatic rings. The summed E-state index contributed by atoms with van der Waals surface area (Å²) < 4.78 is 10.7. The van der Waals surface area contributed by atoms with Gasteiger partial charge in [-0.25, -0.2) is 4.79 Å². The number of nitrogens with two attached hydrogens (primary N) is 1.